The molecule has 0 saturated heterocycles. The molecule has 0 amide bonds. The summed E-state index contributed by atoms with van der Waals surface area (Å²) in [7, 11) is -3.49. The zero-order valence-corrected chi connectivity index (χ0v) is 11.9. The van der Waals surface area contributed by atoms with Crippen molar-refractivity contribution in [2.45, 2.75) is 25.7 Å². The van der Waals surface area contributed by atoms with Gasteiger partial charge in [0.1, 0.15) is 0 Å². The van der Waals surface area contributed by atoms with Crippen LogP contribution >= 0.6 is 0 Å². The lowest BCUT2D eigenvalue weighted by molar-refractivity contribution is -0.137. The highest BCUT2D eigenvalue weighted by molar-refractivity contribution is 7.92. The molecule has 2 rings (SSSR count). The Balaban J connectivity index is 2.22. The molecule has 0 saturated carbocycles. The first kappa shape index (κ1) is 14.6. The molecule has 20 heavy (non-hydrogen) atoms. The summed E-state index contributed by atoms with van der Waals surface area (Å²) >= 11 is 0. The Kier molecular flexibility index (Phi) is 4.17. The van der Waals surface area contributed by atoms with E-state index in [1.807, 2.05) is 0 Å². The molecule has 6 nitrogen and oxygen atoms in total. The van der Waals surface area contributed by atoms with E-state index in [-0.39, 0.29) is 18.6 Å². The van der Waals surface area contributed by atoms with Gasteiger partial charge in [0.2, 0.25) is 10.0 Å². The van der Waals surface area contributed by atoms with Crippen LogP contribution in [0.3, 0.4) is 0 Å². The summed E-state index contributed by atoms with van der Waals surface area (Å²) < 4.78 is 26.0. The lowest BCUT2D eigenvalue weighted by atomic mass is 10.0. The molecule has 1 aromatic carbocycles. The third-order valence-electron chi connectivity index (χ3n) is 3.37. The third kappa shape index (κ3) is 3.04. The summed E-state index contributed by atoms with van der Waals surface area (Å²) in [5.41, 5.74) is 7.98. The highest BCUT2D eigenvalue weighted by atomic mass is 32.2. The van der Waals surface area contributed by atoms with Crippen molar-refractivity contribution in [1.29, 1.82) is 0 Å². The van der Waals surface area contributed by atoms with Gasteiger partial charge in [0.05, 0.1) is 11.4 Å². The van der Waals surface area contributed by atoms with Crippen LogP contribution in [0, 0.1) is 0 Å². The number of nitrogens with two attached hydrogens (primary N) is 1. The first-order chi connectivity index (χ1) is 9.42. The number of sulfonamides is 1. The molecule has 0 unspecified atom stereocenters. The Labute approximate surface area is 118 Å². The topological polar surface area (TPSA) is 101 Å². The Bertz CT molecular complexity index is 613. The fourth-order valence-corrected chi connectivity index (χ4v) is 4.03. The second-order valence-corrected chi connectivity index (χ2v) is 6.85. The van der Waals surface area contributed by atoms with E-state index in [4.69, 9.17) is 10.8 Å². The first-order valence-electron chi connectivity index (χ1n) is 6.51. The van der Waals surface area contributed by atoms with Crippen LogP contribution in [0.2, 0.25) is 0 Å². The van der Waals surface area contributed by atoms with Gasteiger partial charge in [-0.1, -0.05) is 6.07 Å². The summed E-state index contributed by atoms with van der Waals surface area (Å²) in [6, 6.07) is 5.25. The zero-order chi connectivity index (χ0) is 14.8. The van der Waals surface area contributed by atoms with Crippen LogP contribution in [0.5, 0.6) is 0 Å². The molecule has 1 aliphatic rings. The smallest absolute Gasteiger partial charge is 0.303 e. The van der Waals surface area contributed by atoms with E-state index >= 15 is 0 Å². The fraction of sp³-hybridized carbons (Fsp3) is 0.462. The van der Waals surface area contributed by atoms with E-state index in [9.17, 15) is 13.2 Å². The minimum Gasteiger partial charge on any atom is -0.481 e. The molecule has 0 aliphatic carbocycles. The molecule has 1 aliphatic heterocycles. The van der Waals surface area contributed by atoms with Gasteiger partial charge in [0, 0.05) is 18.7 Å². The van der Waals surface area contributed by atoms with Crippen LogP contribution in [0.4, 0.5) is 11.4 Å². The lowest BCUT2D eigenvalue weighted by Crippen LogP contribution is -2.37. The number of nitrogens with zero attached hydrogens (tertiary/aromatic N) is 1. The van der Waals surface area contributed by atoms with Crippen LogP contribution < -0.4 is 10.0 Å². The number of aliphatic carboxylic acids is 1. The van der Waals surface area contributed by atoms with Gasteiger partial charge in [-0.05, 0) is 37.0 Å². The van der Waals surface area contributed by atoms with Gasteiger partial charge in [-0.25, -0.2) is 8.42 Å². The predicted octanol–water partition coefficient (Wildman–Crippen LogP) is 1.22. The SMILES string of the molecule is Nc1cccc2c1CCCN2S(=O)(=O)CCCC(=O)O. The van der Waals surface area contributed by atoms with Crippen molar-refractivity contribution in [2.75, 3.05) is 22.3 Å². The summed E-state index contributed by atoms with van der Waals surface area (Å²) in [6.07, 6.45) is 1.46. The van der Waals surface area contributed by atoms with Crippen molar-refractivity contribution in [3.63, 3.8) is 0 Å². The van der Waals surface area contributed by atoms with E-state index in [2.05, 4.69) is 0 Å². The third-order valence-corrected chi connectivity index (χ3v) is 5.23. The first-order valence-corrected chi connectivity index (χ1v) is 8.12. The number of anilines is 2. The predicted molar refractivity (Wildman–Crippen MR) is 77.2 cm³/mol. The molecule has 7 heteroatoms. The lowest BCUT2D eigenvalue weighted by Gasteiger charge is -2.31. The van der Waals surface area contributed by atoms with Crippen LogP contribution in [-0.4, -0.2) is 31.8 Å². The maximum atomic E-state index is 12.3. The Hall–Kier alpha value is -1.76. The maximum absolute atomic E-state index is 12.3. The van der Waals surface area contributed by atoms with E-state index in [1.54, 1.807) is 18.2 Å². The number of carbonyl (C=O) groups is 1. The highest BCUT2D eigenvalue weighted by Crippen LogP contribution is 2.33. The molecule has 110 valence electrons. The Morgan fingerprint density at radius 2 is 2.15 bits per heavy atom. The van der Waals surface area contributed by atoms with Gasteiger partial charge in [0.15, 0.2) is 0 Å². The van der Waals surface area contributed by atoms with Crippen molar-refractivity contribution < 1.29 is 18.3 Å². The van der Waals surface area contributed by atoms with Crippen LogP contribution in [0.1, 0.15) is 24.8 Å². The summed E-state index contributed by atoms with van der Waals surface area (Å²) in [5.74, 6) is -1.14. The Morgan fingerprint density at radius 3 is 2.85 bits per heavy atom. The number of hydrogen-bond acceptors (Lipinski definition) is 4. The monoisotopic (exact) mass is 298 g/mol. The average Bonchev–Trinajstić information content (AvgIpc) is 2.38. The number of fused-ring (bicyclic) bond motifs is 1. The van der Waals surface area contributed by atoms with Crippen molar-refractivity contribution in [1.82, 2.24) is 0 Å². The number of rotatable bonds is 5. The fourth-order valence-electron chi connectivity index (χ4n) is 2.42. The van der Waals surface area contributed by atoms with Gasteiger partial charge in [0.25, 0.3) is 0 Å². The molecule has 0 radical (unpaired) electrons. The molecule has 0 spiro atoms. The number of benzene rings is 1. The summed E-state index contributed by atoms with van der Waals surface area (Å²) in [6.45, 7) is 0.422. The second kappa shape index (κ2) is 5.70. The van der Waals surface area contributed by atoms with Gasteiger partial charge in [-0.15, -0.1) is 0 Å². The van der Waals surface area contributed by atoms with Gasteiger partial charge >= 0.3 is 5.97 Å². The minimum absolute atomic E-state index is 0.117. The van der Waals surface area contributed by atoms with Crippen molar-refractivity contribution in [3.8, 4) is 0 Å². The molecule has 1 heterocycles. The van der Waals surface area contributed by atoms with E-state index in [0.717, 1.165) is 18.4 Å². The molecule has 0 fully saturated rings. The van der Waals surface area contributed by atoms with Crippen LogP contribution in [0.25, 0.3) is 0 Å². The largest absolute Gasteiger partial charge is 0.481 e. The minimum atomic E-state index is -3.49. The molecular weight excluding hydrogens is 280 g/mol. The second-order valence-electron chi connectivity index (χ2n) is 4.83. The quantitative estimate of drug-likeness (QED) is 0.796. The van der Waals surface area contributed by atoms with Crippen molar-refractivity contribution in [2.24, 2.45) is 0 Å². The number of nitrogen functional groups attached to an aromatic ring is 1. The molecule has 3 N–H and O–H groups in total. The van der Waals surface area contributed by atoms with Crippen molar-refractivity contribution >= 4 is 27.4 Å². The number of carboxylic acid groups (broad SMARTS) is 1. The van der Waals surface area contributed by atoms with Gasteiger partial charge < -0.3 is 10.8 Å². The normalized spacial score (nSPS) is 14.9. The van der Waals surface area contributed by atoms with Crippen LogP contribution in [0.15, 0.2) is 18.2 Å². The Morgan fingerprint density at radius 1 is 1.40 bits per heavy atom. The molecule has 0 atom stereocenters. The number of carboxylic acids is 1. The standard InChI is InChI=1S/C13H18N2O4S/c14-11-5-1-6-12-10(11)4-2-8-15(12)20(18,19)9-3-7-13(16)17/h1,5-6H,2-4,7-9,14H2,(H,16,17). The van der Waals surface area contributed by atoms with Crippen LogP contribution in [-0.2, 0) is 21.2 Å². The van der Waals surface area contributed by atoms with Gasteiger partial charge in [-0.2, -0.15) is 0 Å². The average molecular weight is 298 g/mol. The van der Waals surface area contributed by atoms with E-state index in [1.165, 1.54) is 4.31 Å². The maximum Gasteiger partial charge on any atom is 0.303 e. The molecular formula is C13H18N2O4S. The molecule has 0 bridgehead atoms. The molecule has 0 aromatic heterocycles. The molecule has 1 aromatic rings. The summed E-state index contributed by atoms with van der Waals surface area (Å²) in [4.78, 5) is 10.5. The van der Waals surface area contributed by atoms with E-state index < -0.39 is 16.0 Å². The highest BCUT2D eigenvalue weighted by Gasteiger charge is 2.28. The summed E-state index contributed by atoms with van der Waals surface area (Å²) in [5, 5.41) is 8.59. The van der Waals surface area contributed by atoms with Crippen molar-refractivity contribution in [3.05, 3.63) is 23.8 Å². The van der Waals surface area contributed by atoms with E-state index in [0.29, 0.717) is 17.9 Å². The number of hydrogen-bond donors (Lipinski definition) is 2. The zero-order valence-electron chi connectivity index (χ0n) is 11.1. The van der Waals surface area contributed by atoms with Gasteiger partial charge in [-0.3, -0.25) is 9.10 Å².